The number of amides is 1. The van der Waals surface area contributed by atoms with Gasteiger partial charge in [-0.2, -0.15) is 5.10 Å². The first kappa shape index (κ1) is 20.3. The van der Waals surface area contributed by atoms with Crippen molar-refractivity contribution in [2.75, 3.05) is 11.6 Å². The highest BCUT2D eigenvalue weighted by Gasteiger charge is 2.21. The molecule has 0 unspecified atom stereocenters. The van der Waals surface area contributed by atoms with Gasteiger partial charge in [0.05, 0.1) is 31.7 Å². The van der Waals surface area contributed by atoms with E-state index < -0.39 is 15.7 Å². The number of aromatic nitrogens is 2. The minimum Gasteiger partial charge on any atom is -0.320 e. The summed E-state index contributed by atoms with van der Waals surface area (Å²) in [5.74, 6) is -0.437. The lowest BCUT2D eigenvalue weighted by molar-refractivity contribution is 0.102. The normalized spacial score (nSPS) is 11.4. The lowest BCUT2D eigenvalue weighted by Gasteiger charge is -2.09. The molecule has 0 fully saturated rings. The van der Waals surface area contributed by atoms with E-state index in [2.05, 4.69) is 10.4 Å². The van der Waals surface area contributed by atoms with Gasteiger partial charge in [-0.15, -0.1) is 11.3 Å². The third-order valence-electron chi connectivity index (χ3n) is 4.35. The number of anilines is 1. The van der Waals surface area contributed by atoms with Crippen molar-refractivity contribution in [1.29, 1.82) is 0 Å². The second-order valence-electron chi connectivity index (χ2n) is 6.52. The molecule has 0 radical (unpaired) electrons. The van der Waals surface area contributed by atoms with Crippen molar-refractivity contribution >= 4 is 44.4 Å². The molecule has 6 nitrogen and oxygen atoms in total. The molecule has 0 atom stereocenters. The quantitative estimate of drug-likeness (QED) is 0.461. The maximum Gasteiger partial charge on any atom is 0.259 e. The van der Waals surface area contributed by atoms with Crippen LogP contribution in [0.15, 0.2) is 77.1 Å². The molecular formula is C21H16ClN3O3S2. The summed E-state index contributed by atoms with van der Waals surface area (Å²) in [6, 6.07) is 17.4. The van der Waals surface area contributed by atoms with Crippen LogP contribution < -0.4 is 5.32 Å². The predicted octanol–water partition coefficient (Wildman–Crippen LogP) is 4.91. The van der Waals surface area contributed by atoms with Gasteiger partial charge in [-0.1, -0.05) is 35.9 Å². The Morgan fingerprint density at radius 2 is 1.87 bits per heavy atom. The average Bonchev–Trinajstić information content (AvgIpc) is 3.39. The van der Waals surface area contributed by atoms with Crippen LogP contribution in [0, 0.1) is 0 Å². The molecule has 1 N–H and O–H groups in total. The number of nitrogens with zero attached hydrogens (tertiary/aromatic N) is 2. The molecule has 4 rings (SSSR count). The summed E-state index contributed by atoms with van der Waals surface area (Å²) in [4.78, 5) is 14.0. The number of rotatable bonds is 5. The largest absolute Gasteiger partial charge is 0.320 e. The summed E-state index contributed by atoms with van der Waals surface area (Å²) in [5.41, 5.74) is 1.91. The molecule has 2 aromatic heterocycles. The zero-order chi connectivity index (χ0) is 21.3. The molecule has 2 heterocycles. The molecule has 0 spiro atoms. The zero-order valence-corrected chi connectivity index (χ0v) is 18.1. The Balaban J connectivity index is 1.75. The van der Waals surface area contributed by atoms with Gasteiger partial charge in [-0.3, -0.25) is 4.79 Å². The van der Waals surface area contributed by atoms with Gasteiger partial charge in [-0.25, -0.2) is 13.1 Å². The minimum absolute atomic E-state index is 0.0701. The Morgan fingerprint density at radius 3 is 2.53 bits per heavy atom. The van der Waals surface area contributed by atoms with Gasteiger partial charge in [0, 0.05) is 12.5 Å². The Hall–Kier alpha value is -2.94. The highest BCUT2D eigenvalue weighted by atomic mass is 35.5. The van der Waals surface area contributed by atoms with Crippen molar-refractivity contribution in [1.82, 2.24) is 9.78 Å². The number of thiophene rings is 1. The summed E-state index contributed by atoms with van der Waals surface area (Å²) in [6.45, 7) is 0. The number of nitrogens with one attached hydrogen (secondary N) is 1. The third-order valence-corrected chi connectivity index (χ3v) is 6.66. The Morgan fingerprint density at radius 1 is 1.10 bits per heavy atom. The number of benzene rings is 2. The van der Waals surface area contributed by atoms with E-state index in [4.69, 9.17) is 11.6 Å². The molecule has 1 amide bonds. The van der Waals surface area contributed by atoms with Crippen molar-refractivity contribution in [3.05, 3.63) is 82.8 Å². The number of hydrogen-bond donors (Lipinski definition) is 1. The molecule has 0 aliphatic rings. The van der Waals surface area contributed by atoms with Crippen molar-refractivity contribution in [2.24, 2.45) is 0 Å². The molecule has 9 heteroatoms. The van der Waals surface area contributed by atoms with Crippen LogP contribution in [-0.2, 0) is 9.84 Å². The minimum atomic E-state index is -3.44. The number of carbonyl (C=O) groups is 1. The van der Waals surface area contributed by atoms with Crippen LogP contribution in [0.3, 0.4) is 0 Å². The van der Waals surface area contributed by atoms with Gasteiger partial charge in [0.2, 0.25) is 0 Å². The van der Waals surface area contributed by atoms with Crippen LogP contribution >= 0.6 is 22.9 Å². The van der Waals surface area contributed by atoms with E-state index in [1.807, 2.05) is 47.8 Å². The van der Waals surface area contributed by atoms with Crippen molar-refractivity contribution < 1.29 is 13.2 Å². The molecule has 0 bridgehead atoms. The zero-order valence-electron chi connectivity index (χ0n) is 15.7. The van der Waals surface area contributed by atoms with Crippen LogP contribution in [0.1, 0.15) is 10.4 Å². The van der Waals surface area contributed by atoms with E-state index in [1.165, 1.54) is 29.5 Å². The maximum absolute atomic E-state index is 13.1. The van der Waals surface area contributed by atoms with Gasteiger partial charge in [0.25, 0.3) is 5.91 Å². The number of carbonyl (C=O) groups excluding carboxylic acids is 1. The first-order chi connectivity index (χ1) is 14.3. The maximum atomic E-state index is 13.1. The van der Waals surface area contributed by atoms with Crippen molar-refractivity contribution in [2.45, 2.75) is 4.90 Å². The summed E-state index contributed by atoms with van der Waals surface area (Å²) in [5, 5.41) is 9.47. The number of halogens is 1. The fraction of sp³-hybridized carbons (Fsp3) is 0.0476. The SMILES string of the molecule is CS(=O)(=O)c1ccc(Cl)c(NC(=O)c2cn(-c3ccccc3)nc2-c2cccs2)c1. The molecule has 0 saturated carbocycles. The molecule has 0 saturated heterocycles. The summed E-state index contributed by atoms with van der Waals surface area (Å²) in [7, 11) is -3.44. The predicted molar refractivity (Wildman–Crippen MR) is 119 cm³/mol. The van der Waals surface area contributed by atoms with Crippen molar-refractivity contribution in [3.8, 4) is 16.3 Å². The molecule has 0 aliphatic carbocycles. The van der Waals surface area contributed by atoms with Crippen LogP contribution in [0.2, 0.25) is 5.02 Å². The second kappa shape index (κ2) is 8.06. The molecule has 4 aromatic rings. The van der Waals surface area contributed by atoms with E-state index in [9.17, 15) is 13.2 Å². The summed E-state index contributed by atoms with van der Waals surface area (Å²) >= 11 is 7.66. The Kier molecular flexibility index (Phi) is 5.46. The van der Waals surface area contributed by atoms with Gasteiger partial charge in [0.1, 0.15) is 5.69 Å². The van der Waals surface area contributed by atoms with Gasteiger partial charge in [-0.05, 0) is 41.8 Å². The second-order valence-corrected chi connectivity index (χ2v) is 9.89. The van der Waals surface area contributed by atoms with E-state index in [0.717, 1.165) is 16.8 Å². The highest BCUT2D eigenvalue weighted by molar-refractivity contribution is 7.90. The highest BCUT2D eigenvalue weighted by Crippen LogP contribution is 2.30. The number of para-hydroxylation sites is 1. The van der Waals surface area contributed by atoms with Crippen LogP contribution in [0.5, 0.6) is 0 Å². The number of sulfone groups is 1. The fourth-order valence-corrected chi connectivity index (χ4v) is 4.40. The summed E-state index contributed by atoms with van der Waals surface area (Å²) in [6.07, 6.45) is 2.74. The molecule has 152 valence electrons. The Labute approximate surface area is 182 Å². The monoisotopic (exact) mass is 457 g/mol. The van der Waals surface area contributed by atoms with Gasteiger partial charge >= 0.3 is 0 Å². The molecular weight excluding hydrogens is 442 g/mol. The molecule has 30 heavy (non-hydrogen) atoms. The third kappa shape index (κ3) is 4.16. The van der Waals surface area contributed by atoms with Crippen LogP contribution in [0.4, 0.5) is 5.69 Å². The van der Waals surface area contributed by atoms with Gasteiger partial charge in [0.15, 0.2) is 9.84 Å². The van der Waals surface area contributed by atoms with Crippen molar-refractivity contribution in [3.63, 3.8) is 0 Å². The average molecular weight is 458 g/mol. The van der Waals surface area contributed by atoms with Crippen LogP contribution in [-0.4, -0.2) is 30.4 Å². The number of hydrogen-bond acceptors (Lipinski definition) is 5. The van der Waals surface area contributed by atoms with E-state index in [1.54, 1.807) is 10.9 Å². The van der Waals surface area contributed by atoms with E-state index in [-0.39, 0.29) is 15.6 Å². The first-order valence-corrected chi connectivity index (χ1v) is 12.0. The molecule has 2 aromatic carbocycles. The first-order valence-electron chi connectivity index (χ1n) is 8.83. The smallest absolute Gasteiger partial charge is 0.259 e. The fourth-order valence-electron chi connectivity index (χ4n) is 2.87. The Bertz CT molecular complexity index is 1320. The standard InChI is InChI=1S/C21H16ClN3O3S2/c1-30(27,28)15-9-10-17(22)18(12-15)23-21(26)16-13-25(14-6-3-2-4-7-14)24-20(16)19-8-5-11-29-19/h2-13H,1H3,(H,23,26). The van der Waals surface area contributed by atoms with Gasteiger partial charge < -0.3 is 5.32 Å². The lowest BCUT2D eigenvalue weighted by Crippen LogP contribution is -2.13. The van der Waals surface area contributed by atoms with E-state index >= 15 is 0 Å². The van der Waals surface area contributed by atoms with Crippen LogP contribution in [0.25, 0.3) is 16.3 Å². The lowest BCUT2D eigenvalue weighted by atomic mass is 10.2. The van der Waals surface area contributed by atoms with E-state index in [0.29, 0.717) is 11.3 Å². The summed E-state index contributed by atoms with van der Waals surface area (Å²) < 4.78 is 25.3. The molecule has 0 aliphatic heterocycles. The topological polar surface area (TPSA) is 81.1 Å².